The molecule has 12 aromatic heterocycles. The van der Waals surface area contributed by atoms with Crippen LogP contribution in [0.2, 0.25) is 0 Å². The van der Waals surface area contributed by atoms with E-state index in [2.05, 4.69) is 424 Å². The van der Waals surface area contributed by atoms with Gasteiger partial charge in [-0.1, -0.05) is 328 Å². The zero-order valence-corrected chi connectivity index (χ0v) is 77.3. The second-order valence-electron chi connectivity index (χ2n) is 35.1. The van der Waals surface area contributed by atoms with E-state index < -0.39 is 0 Å². The second-order valence-corrected chi connectivity index (χ2v) is 35.1. The molecule has 0 atom stereocenters. The fourth-order valence-corrected chi connectivity index (χ4v) is 19.6. The monoisotopic (exact) mass is 1840 g/mol. The molecule has 0 amide bonds. The van der Waals surface area contributed by atoms with Gasteiger partial charge in [0.15, 0.2) is 23.3 Å². The number of nitrogens with zero attached hydrogens (tertiary/aromatic N) is 16. The van der Waals surface area contributed by atoms with Crippen LogP contribution in [-0.4, -0.2) is 79.7 Å². The molecule has 28 aromatic rings. The maximum Gasteiger partial charge on any atom is 0.159 e. The van der Waals surface area contributed by atoms with Crippen molar-refractivity contribution in [2.75, 3.05) is 0 Å². The van der Waals surface area contributed by atoms with E-state index >= 15 is 0 Å². The summed E-state index contributed by atoms with van der Waals surface area (Å²) in [5, 5.41) is 18.1. The van der Waals surface area contributed by atoms with Gasteiger partial charge < -0.3 is 0 Å². The van der Waals surface area contributed by atoms with E-state index in [9.17, 15) is 0 Å². The molecule has 144 heavy (non-hydrogen) atoms. The van der Waals surface area contributed by atoms with Crippen molar-refractivity contribution in [3.63, 3.8) is 0 Å². The van der Waals surface area contributed by atoms with Crippen LogP contribution in [0, 0.1) is 0 Å². The molecule has 0 saturated carbocycles. The molecule has 0 bridgehead atoms. The first-order chi connectivity index (χ1) is 71.4. The number of rotatable bonds is 12. The largest absolute Gasteiger partial charge is 0.254 e. The topological polar surface area (TPSA) is 206 Å². The quantitative estimate of drug-likeness (QED) is 0.104. The van der Waals surface area contributed by atoms with Gasteiger partial charge in [0.1, 0.15) is 0 Å². The van der Waals surface area contributed by atoms with Crippen molar-refractivity contribution >= 4 is 130 Å². The lowest BCUT2D eigenvalue weighted by molar-refractivity contribution is 1.18. The standard InChI is InChI=1S/C36H22N4.2C32H20N4.C28H18N4/c1-3-10-27-25(8-1)29(30-16-18-32(36-38-21-6-22-39-36)28-11-4-2-9-26(28)30)15-17-31(27)33-19-14-24-13-12-23-7-5-20-37-34(23)35(24)40-33;1-2-7-27-26(6-1)25(21-8-12-24(13-9-21)32-34-19-4-20-35-32)15-16-28(27)29-17-14-23-11-10-22-5-3-18-33-30(22)31(23)36-29;1-2-7-27-26(6-1)25(15-16-28(27)32-34-19-4-20-35-32)21-8-10-22(11-9-21)29-17-14-24-13-12-23-5-3-18-33-30(23)31(24)36-29;1-3-22-10-11-23-14-15-25(32-27(23)26(22)29-16-1)21-8-4-19(5-9-21)20-6-12-24(13-7-20)28-30-17-2-18-31-28/h1-22H;2*1-20H;1-18H. The van der Waals surface area contributed by atoms with Crippen LogP contribution in [0.4, 0.5) is 0 Å². The van der Waals surface area contributed by atoms with Gasteiger partial charge in [-0.05, 0) is 173 Å². The number of benzene rings is 16. The molecule has 0 fully saturated rings. The van der Waals surface area contributed by atoms with E-state index in [1.807, 2.05) is 73.3 Å². The molecule has 16 aromatic carbocycles. The van der Waals surface area contributed by atoms with Crippen molar-refractivity contribution < 1.29 is 0 Å². The number of pyridine rings is 8. The average molecular weight is 1840 g/mol. The van der Waals surface area contributed by atoms with E-state index in [0.717, 1.165) is 211 Å². The minimum atomic E-state index is 0.730. The van der Waals surface area contributed by atoms with E-state index in [0.29, 0.717) is 0 Å². The van der Waals surface area contributed by atoms with Gasteiger partial charge in [-0.3, -0.25) is 19.9 Å². The van der Waals surface area contributed by atoms with Crippen LogP contribution in [0.1, 0.15) is 0 Å². The smallest absolute Gasteiger partial charge is 0.159 e. The third kappa shape index (κ3) is 16.7. The number of aromatic nitrogens is 16. The highest BCUT2D eigenvalue weighted by Gasteiger charge is 2.21. The SMILES string of the molecule is c1cnc(-c2ccc(-c3ccc(-c4ccc5ccc6cccnc6c5n4)c4ccccc34)c3ccccc23)nc1.c1cnc(-c2ccc(-c3ccc(-c4ccc5ccc6cccnc6c5n4)c4ccccc34)cc2)nc1.c1cnc(-c2ccc(-c3ccc(-c4ccc5ccc6cccnc6c5n4)cc3)c3ccccc23)nc1.c1cnc(-c2ccc(-c3ccc(-c4ccc5ccc6cccnc6c5n4)cc3)cc2)nc1. The van der Waals surface area contributed by atoms with Crippen LogP contribution in [0.3, 0.4) is 0 Å². The minimum absolute atomic E-state index is 0.730. The van der Waals surface area contributed by atoms with Crippen LogP contribution in [-0.2, 0) is 0 Å². The van der Waals surface area contributed by atoms with Crippen LogP contribution >= 0.6 is 0 Å². The summed E-state index contributed by atoms with van der Waals surface area (Å²) in [6, 6.07) is 143. The summed E-state index contributed by atoms with van der Waals surface area (Å²) in [7, 11) is 0. The molecule has 16 heteroatoms. The van der Waals surface area contributed by atoms with Gasteiger partial charge in [-0.15, -0.1) is 0 Å². The molecule has 0 radical (unpaired) electrons. The third-order valence-electron chi connectivity index (χ3n) is 26.6. The van der Waals surface area contributed by atoms with Crippen molar-refractivity contribution in [2.45, 2.75) is 0 Å². The van der Waals surface area contributed by atoms with E-state index in [-0.39, 0.29) is 0 Å². The summed E-state index contributed by atoms with van der Waals surface area (Å²) in [4.78, 5) is 73.9. The summed E-state index contributed by atoms with van der Waals surface area (Å²) in [6.45, 7) is 0. The Balaban J connectivity index is 0.000000101. The van der Waals surface area contributed by atoms with Crippen LogP contribution in [0.25, 0.3) is 265 Å². The van der Waals surface area contributed by atoms with E-state index in [4.69, 9.17) is 19.9 Å². The van der Waals surface area contributed by atoms with E-state index in [1.165, 1.54) is 54.6 Å². The molecule has 0 N–H and O–H groups in total. The van der Waals surface area contributed by atoms with Crippen LogP contribution < -0.4 is 0 Å². The molecule has 0 aliphatic heterocycles. The summed E-state index contributed by atoms with van der Waals surface area (Å²) in [6.07, 6.45) is 21.5. The molecule has 12 heterocycles. The molecule has 672 valence electrons. The Morgan fingerprint density at radius 2 is 0.306 bits per heavy atom. The first-order valence-corrected chi connectivity index (χ1v) is 47.6. The van der Waals surface area contributed by atoms with Gasteiger partial charge in [0.25, 0.3) is 0 Å². The molecule has 0 spiro atoms. The highest BCUT2D eigenvalue weighted by molar-refractivity contribution is 6.14. The number of fused-ring (bicyclic) bond motifs is 16. The fraction of sp³-hybridized carbons (Fsp3) is 0. The molecular weight excluding hydrogens is 1760 g/mol. The zero-order chi connectivity index (χ0) is 95.6. The Kier molecular flexibility index (Phi) is 22.6. The van der Waals surface area contributed by atoms with Crippen LogP contribution in [0.5, 0.6) is 0 Å². The van der Waals surface area contributed by atoms with Crippen molar-refractivity contribution in [3.05, 3.63) is 487 Å². The van der Waals surface area contributed by atoms with E-state index in [1.54, 1.807) is 49.6 Å². The van der Waals surface area contributed by atoms with Gasteiger partial charge in [0, 0.05) is 162 Å². The minimum Gasteiger partial charge on any atom is -0.254 e. The first-order valence-electron chi connectivity index (χ1n) is 47.6. The molecule has 0 aliphatic rings. The Morgan fingerprint density at radius 1 is 0.104 bits per heavy atom. The van der Waals surface area contributed by atoms with Crippen molar-refractivity contribution in [1.29, 1.82) is 0 Å². The summed E-state index contributed by atoms with van der Waals surface area (Å²) in [5.41, 5.74) is 29.0. The molecule has 28 rings (SSSR count). The maximum atomic E-state index is 5.14. The predicted octanol–water partition coefficient (Wildman–Crippen LogP) is 30.9. The van der Waals surface area contributed by atoms with Gasteiger partial charge in [0.2, 0.25) is 0 Å². The Hall–Kier alpha value is -19.8. The lowest BCUT2D eigenvalue weighted by atomic mass is 9.89. The lowest BCUT2D eigenvalue weighted by Crippen LogP contribution is -1.92. The zero-order valence-electron chi connectivity index (χ0n) is 77.3. The Morgan fingerprint density at radius 3 is 0.611 bits per heavy atom. The van der Waals surface area contributed by atoms with Gasteiger partial charge in [-0.25, -0.2) is 59.8 Å². The average Bonchev–Trinajstić information content (AvgIpc) is 0.757. The summed E-state index contributed by atoms with van der Waals surface area (Å²) < 4.78 is 0. The second kappa shape index (κ2) is 37.9. The van der Waals surface area contributed by atoms with Gasteiger partial charge in [0.05, 0.1) is 66.9 Å². The highest BCUT2D eigenvalue weighted by Crippen LogP contribution is 2.44. The van der Waals surface area contributed by atoms with Crippen molar-refractivity contribution in [3.8, 4) is 135 Å². The van der Waals surface area contributed by atoms with Crippen molar-refractivity contribution in [2.24, 2.45) is 0 Å². The lowest BCUT2D eigenvalue weighted by Gasteiger charge is -2.15. The molecule has 0 unspecified atom stereocenters. The molecule has 0 saturated heterocycles. The third-order valence-corrected chi connectivity index (χ3v) is 26.6. The normalized spacial score (nSPS) is 11.3. The van der Waals surface area contributed by atoms with Crippen molar-refractivity contribution in [1.82, 2.24) is 79.7 Å². The highest BCUT2D eigenvalue weighted by atomic mass is 14.9. The maximum absolute atomic E-state index is 5.14. The van der Waals surface area contributed by atoms with Gasteiger partial charge >= 0.3 is 0 Å². The Bertz CT molecular complexity index is 9760. The van der Waals surface area contributed by atoms with Crippen LogP contribution in [0.15, 0.2) is 487 Å². The first kappa shape index (κ1) is 85.8. The number of hydrogen-bond donors (Lipinski definition) is 0. The molecular formula is C128H80N16. The molecule has 16 nitrogen and oxygen atoms in total. The summed E-state index contributed by atoms with van der Waals surface area (Å²) >= 11 is 0. The fourth-order valence-electron chi connectivity index (χ4n) is 19.6. The molecule has 0 aliphatic carbocycles. The Labute approximate surface area is 826 Å². The summed E-state index contributed by atoms with van der Waals surface area (Å²) in [5.74, 6) is 2.93. The predicted molar refractivity (Wildman–Crippen MR) is 586 cm³/mol. The number of hydrogen-bond acceptors (Lipinski definition) is 16. The van der Waals surface area contributed by atoms with Gasteiger partial charge in [-0.2, -0.15) is 0 Å².